The number of amides is 1. The minimum atomic E-state index is -1.29. The molecule has 0 bridgehead atoms. The smallest absolute Gasteiger partial charge is 0.322 e. The molecule has 0 aliphatic rings. The van der Waals surface area contributed by atoms with Crippen LogP contribution in [0.1, 0.15) is 10.4 Å². The first-order chi connectivity index (χ1) is 11.9. The largest absolute Gasteiger partial charge is 0.480 e. The summed E-state index contributed by atoms with van der Waals surface area (Å²) in [6.45, 7) is -0.685. The van der Waals surface area contributed by atoms with Crippen LogP contribution in [-0.4, -0.2) is 38.1 Å². The summed E-state index contributed by atoms with van der Waals surface area (Å²) in [5.74, 6) is -3.71. The van der Waals surface area contributed by atoms with E-state index in [9.17, 15) is 23.2 Å². The van der Waals surface area contributed by atoms with E-state index in [2.05, 4.69) is 15.4 Å². The molecule has 0 radical (unpaired) electrons. The number of nitrogens with one attached hydrogen (secondary N) is 2. The molecule has 0 fully saturated rings. The van der Waals surface area contributed by atoms with Gasteiger partial charge in [0, 0.05) is 11.6 Å². The van der Waals surface area contributed by atoms with Gasteiger partial charge in [0.25, 0.3) is 5.91 Å². The molecule has 0 unspecified atom stereocenters. The lowest BCUT2D eigenvalue weighted by molar-refractivity contribution is -0.135. The second kappa shape index (κ2) is 7.31. The van der Waals surface area contributed by atoms with E-state index in [1.54, 1.807) is 0 Å². The van der Waals surface area contributed by atoms with Crippen molar-refractivity contribution < 1.29 is 23.5 Å². The summed E-state index contributed by atoms with van der Waals surface area (Å²) in [5, 5.41) is 13.3. The van der Waals surface area contributed by atoms with Crippen molar-refractivity contribution in [2.45, 2.75) is 0 Å². The van der Waals surface area contributed by atoms with Gasteiger partial charge in [0.15, 0.2) is 11.1 Å². The van der Waals surface area contributed by atoms with Crippen molar-refractivity contribution in [3.63, 3.8) is 0 Å². The van der Waals surface area contributed by atoms with Gasteiger partial charge >= 0.3 is 5.97 Å². The third kappa shape index (κ3) is 3.40. The molecule has 3 N–H and O–H groups in total. The first kappa shape index (κ1) is 19.1. The highest BCUT2D eigenvalue weighted by molar-refractivity contribution is 6.01. The zero-order valence-corrected chi connectivity index (χ0v) is 13.6. The number of hydrogen-bond donors (Lipinski definition) is 3. The number of benzene rings is 1. The molecule has 1 amide bonds. The van der Waals surface area contributed by atoms with Crippen molar-refractivity contribution >= 4 is 29.9 Å². The average Bonchev–Trinajstić information content (AvgIpc) is 3.03. The molecule has 2 aromatic heterocycles. The van der Waals surface area contributed by atoms with E-state index < -0.39 is 41.0 Å². The van der Waals surface area contributed by atoms with Crippen LogP contribution in [0.4, 0.5) is 8.78 Å². The van der Waals surface area contributed by atoms with Crippen LogP contribution in [-0.2, 0) is 4.79 Å². The summed E-state index contributed by atoms with van der Waals surface area (Å²) < 4.78 is 28.6. The number of pyridine rings is 1. The van der Waals surface area contributed by atoms with E-state index in [1.807, 2.05) is 0 Å². The molecule has 8 nitrogen and oxygen atoms in total. The van der Waals surface area contributed by atoms with Crippen molar-refractivity contribution in [2.24, 2.45) is 0 Å². The molecule has 0 spiro atoms. The molecule has 2 heterocycles. The van der Waals surface area contributed by atoms with Gasteiger partial charge < -0.3 is 10.4 Å². The van der Waals surface area contributed by atoms with Gasteiger partial charge in [-0.3, -0.25) is 19.5 Å². The molecule has 0 aliphatic carbocycles. The van der Waals surface area contributed by atoms with Gasteiger partial charge in [0.2, 0.25) is 0 Å². The Labute approximate surface area is 149 Å². The summed E-state index contributed by atoms with van der Waals surface area (Å²) in [6, 6.07) is 3.69. The van der Waals surface area contributed by atoms with E-state index in [0.29, 0.717) is 0 Å². The van der Waals surface area contributed by atoms with Gasteiger partial charge in [-0.05, 0) is 18.2 Å². The predicted molar refractivity (Wildman–Crippen MR) is 88.4 cm³/mol. The number of rotatable bonds is 4. The summed E-state index contributed by atoms with van der Waals surface area (Å²) in [5.41, 5.74) is -1.61. The minimum absolute atomic E-state index is 0. The fourth-order valence-corrected chi connectivity index (χ4v) is 2.35. The Morgan fingerprint density at radius 2 is 2.00 bits per heavy atom. The van der Waals surface area contributed by atoms with Crippen LogP contribution in [0.15, 0.2) is 35.4 Å². The average molecular weight is 385 g/mol. The van der Waals surface area contributed by atoms with Crippen molar-refractivity contribution in [3.8, 4) is 11.3 Å². The van der Waals surface area contributed by atoms with Crippen LogP contribution >= 0.6 is 12.4 Å². The lowest BCUT2D eigenvalue weighted by Gasteiger charge is -2.09. The van der Waals surface area contributed by atoms with Crippen LogP contribution in [0.2, 0.25) is 0 Å². The monoisotopic (exact) mass is 384 g/mol. The Morgan fingerprint density at radius 3 is 2.69 bits per heavy atom. The summed E-state index contributed by atoms with van der Waals surface area (Å²) in [4.78, 5) is 38.8. The van der Waals surface area contributed by atoms with E-state index in [-0.39, 0.29) is 29.3 Å². The van der Waals surface area contributed by atoms with Gasteiger partial charge in [-0.1, -0.05) is 0 Å². The SMILES string of the molecule is Cl.O=C(O)CNC(=O)c1c(=O)cc(-c2cc(F)ccc2F)n2[nH]cnc12. The van der Waals surface area contributed by atoms with Gasteiger partial charge in [-0.2, -0.15) is 0 Å². The Morgan fingerprint density at radius 1 is 1.27 bits per heavy atom. The number of halogens is 3. The number of aromatic nitrogens is 3. The molecule has 136 valence electrons. The maximum atomic E-state index is 14.0. The lowest BCUT2D eigenvalue weighted by Crippen LogP contribution is -2.33. The minimum Gasteiger partial charge on any atom is -0.480 e. The van der Waals surface area contributed by atoms with E-state index in [0.717, 1.165) is 35.1 Å². The summed E-state index contributed by atoms with van der Waals surface area (Å²) in [7, 11) is 0. The number of aliphatic carboxylic acids is 1. The van der Waals surface area contributed by atoms with E-state index in [4.69, 9.17) is 5.11 Å². The first-order valence-electron chi connectivity index (χ1n) is 6.93. The molecule has 26 heavy (non-hydrogen) atoms. The third-order valence-corrected chi connectivity index (χ3v) is 3.40. The highest BCUT2D eigenvalue weighted by Gasteiger charge is 2.21. The number of nitrogens with zero attached hydrogens (tertiary/aromatic N) is 2. The second-order valence-electron chi connectivity index (χ2n) is 5.02. The zero-order chi connectivity index (χ0) is 18.1. The van der Waals surface area contributed by atoms with Gasteiger partial charge in [0.1, 0.15) is 30.1 Å². The lowest BCUT2D eigenvalue weighted by atomic mass is 10.1. The van der Waals surface area contributed by atoms with Gasteiger partial charge in [0.05, 0.1) is 5.69 Å². The molecule has 0 atom stereocenters. The number of carbonyl (C=O) groups is 2. The molecular weight excluding hydrogens is 374 g/mol. The standard InChI is InChI=1S/C15H10F2N4O4.ClH/c16-7-1-2-9(17)8(3-7)10-4-11(22)13(14-19-6-20-21(10)14)15(25)18-5-12(23)24;/h1-4,6H,5H2,(H,18,25)(H,19,20)(H,23,24);1H. The Hall–Kier alpha value is -3.27. The molecule has 11 heteroatoms. The number of hydrogen-bond acceptors (Lipinski definition) is 4. The highest BCUT2D eigenvalue weighted by atomic mass is 35.5. The Balaban J connectivity index is 0.00000243. The van der Waals surface area contributed by atoms with Crippen LogP contribution in [0, 0.1) is 11.6 Å². The quantitative estimate of drug-likeness (QED) is 0.625. The van der Waals surface area contributed by atoms with Crippen molar-refractivity contribution in [3.05, 3.63) is 58.0 Å². The zero-order valence-electron chi connectivity index (χ0n) is 12.8. The maximum absolute atomic E-state index is 14.0. The number of H-pyrrole nitrogens is 1. The maximum Gasteiger partial charge on any atom is 0.322 e. The van der Waals surface area contributed by atoms with Crippen LogP contribution in [0.3, 0.4) is 0 Å². The first-order valence-corrected chi connectivity index (χ1v) is 6.93. The predicted octanol–water partition coefficient (Wildman–Crippen LogP) is 1.20. The number of carboxylic acid groups (broad SMARTS) is 1. The summed E-state index contributed by atoms with van der Waals surface area (Å²) >= 11 is 0. The molecule has 0 saturated heterocycles. The fourth-order valence-electron chi connectivity index (χ4n) is 2.35. The van der Waals surface area contributed by atoms with Crippen molar-refractivity contribution in [1.82, 2.24) is 19.9 Å². The van der Waals surface area contributed by atoms with Crippen molar-refractivity contribution in [2.75, 3.05) is 6.54 Å². The number of carboxylic acids is 1. The molecule has 3 aromatic rings. The van der Waals surface area contributed by atoms with E-state index >= 15 is 0 Å². The molecule has 0 saturated carbocycles. The fraction of sp³-hybridized carbons (Fsp3) is 0.0667. The van der Waals surface area contributed by atoms with E-state index in [1.165, 1.54) is 0 Å². The topological polar surface area (TPSA) is 117 Å². The number of fused-ring (bicyclic) bond motifs is 1. The third-order valence-electron chi connectivity index (χ3n) is 3.40. The summed E-state index contributed by atoms with van der Waals surface area (Å²) in [6.07, 6.45) is 1.16. The van der Waals surface area contributed by atoms with Crippen LogP contribution in [0.5, 0.6) is 0 Å². The normalized spacial score (nSPS) is 10.4. The van der Waals surface area contributed by atoms with Crippen LogP contribution in [0.25, 0.3) is 16.9 Å². The molecular formula is C15H11ClF2N4O4. The van der Waals surface area contributed by atoms with Crippen LogP contribution < -0.4 is 10.7 Å². The molecule has 0 aliphatic heterocycles. The van der Waals surface area contributed by atoms with Gasteiger partial charge in [-0.25, -0.2) is 18.3 Å². The second-order valence-corrected chi connectivity index (χ2v) is 5.02. The number of carbonyl (C=O) groups excluding carboxylic acids is 1. The van der Waals surface area contributed by atoms with Gasteiger partial charge in [-0.15, -0.1) is 12.4 Å². The Bertz CT molecular complexity index is 1060. The highest BCUT2D eigenvalue weighted by Crippen LogP contribution is 2.23. The molecule has 1 aromatic carbocycles. The number of aromatic amines is 1. The van der Waals surface area contributed by atoms with Crippen molar-refractivity contribution in [1.29, 1.82) is 0 Å². The Kier molecular flexibility index (Phi) is 5.36. The molecule has 3 rings (SSSR count).